The van der Waals surface area contributed by atoms with Gasteiger partial charge in [-0.15, -0.1) is 0 Å². The molecule has 0 spiro atoms. The van der Waals surface area contributed by atoms with Crippen LogP contribution in [0.1, 0.15) is 17.7 Å². The number of carbonyl (C=O) groups is 2. The molecule has 1 heterocycles. The number of hydrogen-bond acceptors (Lipinski definition) is 3. The molecule has 0 aliphatic heterocycles. The molecule has 0 aliphatic rings. The van der Waals surface area contributed by atoms with Gasteiger partial charge in [-0.3, -0.25) is 9.59 Å². The van der Waals surface area contributed by atoms with Gasteiger partial charge in [0.2, 0.25) is 11.8 Å². The van der Waals surface area contributed by atoms with Gasteiger partial charge in [0.05, 0.1) is 6.42 Å². The number of anilines is 1. The van der Waals surface area contributed by atoms with E-state index in [1.165, 1.54) is 6.07 Å². The van der Waals surface area contributed by atoms with Crippen molar-refractivity contribution in [2.45, 2.75) is 19.8 Å². The minimum Gasteiger partial charge on any atom is -0.355 e. The number of nitrogens with zero attached hydrogens (tertiary/aromatic N) is 1. The van der Waals surface area contributed by atoms with E-state index >= 15 is 0 Å². The zero-order valence-electron chi connectivity index (χ0n) is 12.8. The van der Waals surface area contributed by atoms with Crippen molar-refractivity contribution in [3.63, 3.8) is 0 Å². The summed E-state index contributed by atoms with van der Waals surface area (Å²) in [5.74, 6) is -0.496. The van der Waals surface area contributed by atoms with Crippen LogP contribution in [0.4, 0.5) is 10.2 Å². The molecule has 0 fully saturated rings. The lowest BCUT2D eigenvalue weighted by molar-refractivity contribution is -0.120. The first-order valence-electron chi connectivity index (χ1n) is 7.28. The fourth-order valence-electron chi connectivity index (χ4n) is 2.01. The highest BCUT2D eigenvalue weighted by Gasteiger charge is 2.08. The topological polar surface area (TPSA) is 71.1 Å². The van der Waals surface area contributed by atoms with Crippen LogP contribution in [-0.4, -0.2) is 23.3 Å². The molecule has 1 aromatic carbocycles. The minimum atomic E-state index is -0.411. The number of nitrogens with one attached hydrogen (secondary N) is 2. The third-order valence-corrected chi connectivity index (χ3v) is 3.14. The highest BCUT2D eigenvalue weighted by atomic mass is 19.1. The third-order valence-electron chi connectivity index (χ3n) is 3.14. The number of aryl methyl sites for hydroxylation is 1. The summed E-state index contributed by atoms with van der Waals surface area (Å²) in [4.78, 5) is 27.6. The van der Waals surface area contributed by atoms with Crippen molar-refractivity contribution in [2.24, 2.45) is 0 Å². The fraction of sp³-hybridized carbons (Fsp3) is 0.235. The van der Waals surface area contributed by atoms with Crippen LogP contribution in [0.2, 0.25) is 0 Å². The van der Waals surface area contributed by atoms with Gasteiger partial charge in [0.1, 0.15) is 11.6 Å². The summed E-state index contributed by atoms with van der Waals surface area (Å²) >= 11 is 0. The summed E-state index contributed by atoms with van der Waals surface area (Å²) in [7, 11) is 0. The predicted molar refractivity (Wildman–Crippen MR) is 85.3 cm³/mol. The van der Waals surface area contributed by atoms with Crippen molar-refractivity contribution in [1.29, 1.82) is 0 Å². The van der Waals surface area contributed by atoms with E-state index in [4.69, 9.17) is 0 Å². The second-order valence-corrected chi connectivity index (χ2v) is 5.08. The number of pyridine rings is 1. The van der Waals surface area contributed by atoms with E-state index in [0.717, 1.165) is 5.69 Å². The van der Waals surface area contributed by atoms with Gasteiger partial charge in [-0.1, -0.05) is 24.3 Å². The van der Waals surface area contributed by atoms with Gasteiger partial charge in [0.25, 0.3) is 0 Å². The van der Waals surface area contributed by atoms with E-state index < -0.39 is 5.82 Å². The van der Waals surface area contributed by atoms with Gasteiger partial charge in [0, 0.05) is 18.7 Å². The quantitative estimate of drug-likeness (QED) is 0.858. The van der Waals surface area contributed by atoms with E-state index in [1.807, 2.05) is 13.0 Å². The van der Waals surface area contributed by atoms with E-state index in [2.05, 4.69) is 15.6 Å². The first-order chi connectivity index (χ1) is 11.0. The number of benzene rings is 1. The normalized spacial score (nSPS) is 10.2. The number of rotatable bonds is 6. The molecule has 5 nitrogen and oxygen atoms in total. The molecule has 23 heavy (non-hydrogen) atoms. The fourth-order valence-corrected chi connectivity index (χ4v) is 2.01. The second kappa shape index (κ2) is 8.03. The van der Waals surface area contributed by atoms with Gasteiger partial charge >= 0.3 is 0 Å². The Morgan fingerprint density at radius 2 is 1.87 bits per heavy atom. The molecule has 2 rings (SSSR count). The summed E-state index contributed by atoms with van der Waals surface area (Å²) in [5.41, 5.74) is 1.14. The molecule has 0 saturated heterocycles. The lowest BCUT2D eigenvalue weighted by Crippen LogP contribution is -2.29. The third kappa shape index (κ3) is 5.50. The highest BCUT2D eigenvalue weighted by Crippen LogP contribution is 2.07. The highest BCUT2D eigenvalue weighted by molar-refractivity contribution is 5.90. The van der Waals surface area contributed by atoms with Crippen LogP contribution in [-0.2, 0) is 16.0 Å². The lowest BCUT2D eigenvalue weighted by Gasteiger charge is -2.07. The molecule has 2 aromatic rings. The van der Waals surface area contributed by atoms with Crippen LogP contribution >= 0.6 is 0 Å². The Morgan fingerprint density at radius 1 is 1.09 bits per heavy atom. The molecular formula is C17H18FN3O2. The molecule has 0 saturated carbocycles. The first kappa shape index (κ1) is 16.6. The van der Waals surface area contributed by atoms with Crippen LogP contribution in [0.25, 0.3) is 0 Å². The Morgan fingerprint density at radius 3 is 2.61 bits per heavy atom. The first-order valence-corrected chi connectivity index (χ1v) is 7.28. The molecule has 6 heteroatoms. The maximum atomic E-state index is 13.4. The van der Waals surface area contributed by atoms with Crippen LogP contribution in [0.15, 0.2) is 42.5 Å². The van der Waals surface area contributed by atoms with Gasteiger partial charge in [-0.2, -0.15) is 0 Å². The van der Waals surface area contributed by atoms with Crippen LogP contribution < -0.4 is 10.6 Å². The number of carbonyl (C=O) groups excluding carboxylic acids is 2. The van der Waals surface area contributed by atoms with Crippen molar-refractivity contribution >= 4 is 17.6 Å². The van der Waals surface area contributed by atoms with Gasteiger partial charge in [0.15, 0.2) is 0 Å². The average Bonchev–Trinajstić information content (AvgIpc) is 2.49. The Bertz CT molecular complexity index is 704. The maximum absolute atomic E-state index is 13.4. The molecular weight excluding hydrogens is 297 g/mol. The van der Waals surface area contributed by atoms with Crippen molar-refractivity contribution in [3.8, 4) is 0 Å². The molecule has 0 aliphatic carbocycles. The Balaban J connectivity index is 1.73. The number of aromatic nitrogens is 1. The summed E-state index contributed by atoms with van der Waals surface area (Å²) < 4.78 is 13.4. The Kier molecular flexibility index (Phi) is 5.80. The number of hydrogen-bond donors (Lipinski definition) is 2. The van der Waals surface area contributed by atoms with E-state index in [0.29, 0.717) is 11.4 Å². The van der Waals surface area contributed by atoms with Gasteiger partial charge in [-0.25, -0.2) is 9.37 Å². The van der Waals surface area contributed by atoms with Crippen molar-refractivity contribution < 1.29 is 14.0 Å². The largest absolute Gasteiger partial charge is 0.355 e. The Labute approximate surface area is 133 Å². The van der Waals surface area contributed by atoms with Gasteiger partial charge in [-0.05, 0) is 30.7 Å². The lowest BCUT2D eigenvalue weighted by atomic mass is 10.1. The van der Waals surface area contributed by atoms with Crippen LogP contribution in [0.5, 0.6) is 0 Å². The van der Waals surface area contributed by atoms with Crippen molar-refractivity contribution in [3.05, 3.63) is 59.5 Å². The second-order valence-electron chi connectivity index (χ2n) is 5.08. The van der Waals surface area contributed by atoms with Crippen molar-refractivity contribution in [2.75, 3.05) is 11.9 Å². The summed E-state index contributed by atoms with van der Waals surface area (Å²) in [6, 6.07) is 11.4. The average molecular weight is 315 g/mol. The summed E-state index contributed by atoms with van der Waals surface area (Å²) in [6.45, 7) is 2.02. The minimum absolute atomic E-state index is 0.0479. The number of amides is 2. The van der Waals surface area contributed by atoms with E-state index in [1.54, 1.807) is 30.3 Å². The molecule has 0 atom stereocenters. The molecule has 0 unspecified atom stereocenters. The monoisotopic (exact) mass is 315 g/mol. The molecule has 2 N–H and O–H groups in total. The maximum Gasteiger partial charge on any atom is 0.227 e. The predicted octanol–water partition coefficient (Wildman–Crippen LogP) is 2.22. The zero-order valence-corrected chi connectivity index (χ0v) is 12.8. The van der Waals surface area contributed by atoms with Crippen LogP contribution in [0, 0.1) is 12.7 Å². The molecule has 0 radical (unpaired) electrons. The molecule has 0 bridgehead atoms. The van der Waals surface area contributed by atoms with Gasteiger partial charge < -0.3 is 10.6 Å². The van der Waals surface area contributed by atoms with Crippen LogP contribution in [0.3, 0.4) is 0 Å². The molecule has 1 aromatic heterocycles. The number of halogens is 1. The van der Waals surface area contributed by atoms with E-state index in [-0.39, 0.29) is 31.2 Å². The van der Waals surface area contributed by atoms with Crippen molar-refractivity contribution in [1.82, 2.24) is 10.3 Å². The molecule has 120 valence electrons. The standard InChI is InChI=1S/C17H18FN3O2/c1-12-5-4-8-15(20-12)21-16(22)9-10-19-17(23)11-13-6-2-3-7-14(13)18/h2-8H,9-11H2,1H3,(H,19,23)(H,20,21,22). The van der Waals surface area contributed by atoms with E-state index in [9.17, 15) is 14.0 Å². The zero-order chi connectivity index (χ0) is 16.7. The Hall–Kier alpha value is -2.76. The molecule has 2 amide bonds. The SMILES string of the molecule is Cc1cccc(NC(=O)CCNC(=O)Cc2ccccc2F)n1. The smallest absolute Gasteiger partial charge is 0.227 e. The summed E-state index contributed by atoms with van der Waals surface area (Å²) in [6.07, 6.45) is 0.0758. The summed E-state index contributed by atoms with van der Waals surface area (Å²) in [5, 5.41) is 5.25.